The normalized spacial score (nSPS) is 22.3. The molecule has 0 saturated heterocycles. The summed E-state index contributed by atoms with van der Waals surface area (Å²) in [6, 6.07) is 5.01. The van der Waals surface area contributed by atoms with E-state index in [1.807, 2.05) is 0 Å². The molecule has 20 heavy (non-hydrogen) atoms. The van der Waals surface area contributed by atoms with Crippen LogP contribution in [0, 0.1) is 5.92 Å². The molecular weight excluding hydrogens is 254 g/mol. The molecule has 0 amide bonds. The van der Waals surface area contributed by atoms with Gasteiger partial charge < -0.3 is 15.2 Å². The number of carbonyl (C=O) groups excluding carboxylic acids is 1. The molecule has 2 atom stereocenters. The topological polar surface area (TPSA) is 61.5 Å². The van der Waals surface area contributed by atoms with Gasteiger partial charge in [0.15, 0.2) is 0 Å². The molecule has 4 heteroatoms. The third-order valence-corrected chi connectivity index (χ3v) is 4.09. The minimum atomic E-state index is -0.287. The van der Waals surface area contributed by atoms with Gasteiger partial charge in [-0.15, -0.1) is 0 Å². The van der Waals surface area contributed by atoms with Gasteiger partial charge in [-0.2, -0.15) is 0 Å². The number of methoxy groups -OCH3 is 1. The van der Waals surface area contributed by atoms with Crippen LogP contribution in [-0.4, -0.2) is 19.2 Å². The van der Waals surface area contributed by atoms with Gasteiger partial charge in [0.1, 0.15) is 11.9 Å². The maximum atomic E-state index is 12.2. The van der Waals surface area contributed by atoms with Gasteiger partial charge in [-0.1, -0.05) is 13.3 Å². The van der Waals surface area contributed by atoms with Crippen LogP contribution in [0.3, 0.4) is 0 Å². The van der Waals surface area contributed by atoms with Crippen LogP contribution in [-0.2, 0) is 4.74 Å². The van der Waals surface area contributed by atoms with Gasteiger partial charge in [-0.05, 0) is 49.8 Å². The monoisotopic (exact) mass is 277 g/mol. The smallest absolute Gasteiger partial charge is 0.338 e. The van der Waals surface area contributed by atoms with E-state index in [2.05, 4.69) is 6.92 Å². The van der Waals surface area contributed by atoms with Crippen molar-refractivity contribution in [2.24, 2.45) is 5.92 Å². The molecule has 1 aromatic carbocycles. The highest BCUT2D eigenvalue weighted by Gasteiger charge is 2.27. The summed E-state index contributed by atoms with van der Waals surface area (Å²) in [5.41, 5.74) is 6.77. The lowest BCUT2D eigenvalue weighted by atomic mass is 9.85. The molecule has 0 aromatic heterocycles. The molecule has 4 nitrogen and oxygen atoms in total. The fourth-order valence-corrected chi connectivity index (χ4v) is 2.86. The van der Waals surface area contributed by atoms with Crippen LogP contribution in [0.2, 0.25) is 0 Å². The Morgan fingerprint density at radius 3 is 2.75 bits per heavy atom. The van der Waals surface area contributed by atoms with E-state index in [-0.39, 0.29) is 12.1 Å². The number of anilines is 1. The van der Waals surface area contributed by atoms with Gasteiger partial charge >= 0.3 is 5.97 Å². The number of carbonyl (C=O) groups is 1. The van der Waals surface area contributed by atoms with E-state index in [9.17, 15) is 4.79 Å². The average molecular weight is 277 g/mol. The van der Waals surface area contributed by atoms with Gasteiger partial charge in [-0.3, -0.25) is 0 Å². The third kappa shape index (κ3) is 3.24. The molecule has 1 aliphatic carbocycles. The Kier molecular flexibility index (Phi) is 4.88. The lowest BCUT2D eigenvalue weighted by Crippen LogP contribution is -2.29. The minimum absolute atomic E-state index is 0.0459. The Morgan fingerprint density at radius 1 is 1.35 bits per heavy atom. The molecule has 0 radical (unpaired) electrons. The van der Waals surface area contributed by atoms with E-state index in [0.717, 1.165) is 25.7 Å². The van der Waals surface area contributed by atoms with E-state index in [0.29, 0.717) is 22.9 Å². The highest BCUT2D eigenvalue weighted by atomic mass is 16.5. The van der Waals surface area contributed by atoms with Crippen molar-refractivity contribution in [1.29, 1.82) is 0 Å². The predicted octanol–water partition coefficient (Wildman–Crippen LogP) is 3.40. The lowest BCUT2D eigenvalue weighted by molar-refractivity contribution is 0.000713. The van der Waals surface area contributed by atoms with E-state index in [1.54, 1.807) is 25.3 Å². The number of benzene rings is 1. The van der Waals surface area contributed by atoms with Crippen LogP contribution in [0.5, 0.6) is 5.75 Å². The zero-order valence-electron chi connectivity index (χ0n) is 12.2. The first kappa shape index (κ1) is 14.7. The van der Waals surface area contributed by atoms with Crippen LogP contribution in [0.25, 0.3) is 0 Å². The molecule has 2 unspecified atom stereocenters. The van der Waals surface area contributed by atoms with Crippen LogP contribution < -0.4 is 10.5 Å². The van der Waals surface area contributed by atoms with Crippen molar-refractivity contribution >= 4 is 11.7 Å². The summed E-state index contributed by atoms with van der Waals surface area (Å²) in [6.45, 7) is 2.15. The number of hydrogen-bond acceptors (Lipinski definition) is 4. The van der Waals surface area contributed by atoms with Crippen LogP contribution in [0.4, 0.5) is 5.69 Å². The van der Waals surface area contributed by atoms with Crippen LogP contribution in [0.15, 0.2) is 18.2 Å². The molecule has 1 fully saturated rings. The number of esters is 1. The molecule has 0 spiro atoms. The van der Waals surface area contributed by atoms with Gasteiger partial charge in [0.2, 0.25) is 0 Å². The number of hydrogen-bond donors (Lipinski definition) is 1. The Bertz CT molecular complexity index is 473. The zero-order valence-corrected chi connectivity index (χ0v) is 12.2. The molecule has 1 saturated carbocycles. The van der Waals surface area contributed by atoms with Crippen LogP contribution >= 0.6 is 0 Å². The summed E-state index contributed by atoms with van der Waals surface area (Å²) in [4.78, 5) is 12.2. The van der Waals surface area contributed by atoms with Gasteiger partial charge in [0, 0.05) is 0 Å². The number of ether oxygens (including phenoxy) is 2. The Balaban J connectivity index is 2.05. The third-order valence-electron chi connectivity index (χ3n) is 4.09. The molecule has 110 valence electrons. The van der Waals surface area contributed by atoms with Crippen molar-refractivity contribution in [1.82, 2.24) is 0 Å². The summed E-state index contributed by atoms with van der Waals surface area (Å²) < 4.78 is 10.8. The first-order valence-corrected chi connectivity index (χ1v) is 7.30. The molecule has 1 aromatic rings. The standard InChI is InChI=1S/C16H23NO3/c1-3-11-6-4-5-7-14(11)20-16(18)12-8-9-15(19-2)13(17)10-12/h8-11,14H,3-7,17H2,1-2H3. The Morgan fingerprint density at radius 2 is 2.10 bits per heavy atom. The summed E-state index contributed by atoms with van der Waals surface area (Å²) in [6.07, 6.45) is 5.60. The van der Waals surface area contributed by atoms with Gasteiger partial charge in [0.05, 0.1) is 18.4 Å². The highest BCUT2D eigenvalue weighted by Crippen LogP contribution is 2.30. The van der Waals surface area contributed by atoms with Crippen molar-refractivity contribution < 1.29 is 14.3 Å². The van der Waals surface area contributed by atoms with E-state index >= 15 is 0 Å². The van der Waals surface area contributed by atoms with Crippen LogP contribution in [0.1, 0.15) is 49.4 Å². The molecule has 0 heterocycles. The van der Waals surface area contributed by atoms with E-state index in [1.165, 1.54) is 6.42 Å². The second kappa shape index (κ2) is 6.64. The number of nitrogen functional groups attached to an aromatic ring is 1. The predicted molar refractivity (Wildman–Crippen MR) is 78.9 cm³/mol. The van der Waals surface area contributed by atoms with E-state index < -0.39 is 0 Å². The number of rotatable bonds is 4. The maximum absolute atomic E-state index is 12.2. The molecule has 0 bridgehead atoms. The second-order valence-electron chi connectivity index (χ2n) is 5.35. The first-order chi connectivity index (χ1) is 9.65. The summed E-state index contributed by atoms with van der Waals surface area (Å²) in [5, 5.41) is 0. The second-order valence-corrected chi connectivity index (χ2v) is 5.35. The SMILES string of the molecule is CCC1CCCCC1OC(=O)c1ccc(OC)c(N)c1. The first-order valence-electron chi connectivity index (χ1n) is 7.30. The zero-order chi connectivity index (χ0) is 14.5. The van der Waals surface area contributed by atoms with Gasteiger partial charge in [-0.25, -0.2) is 4.79 Å². The summed E-state index contributed by atoms with van der Waals surface area (Å²) in [5.74, 6) is 0.777. The largest absolute Gasteiger partial charge is 0.495 e. The molecule has 2 rings (SSSR count). The van der Waals surface area contributed by atoms with Crippen molar-refractivity contribution in [3.8, 4) is 5.75 Å². The Labute approximate surface area is 120 Å². The lowest BCUT2D eigenvalue weighted by Gasteiger charge is -2.30. The average Bonchev–Trinajstić information content (AvgIpc) is 2.47. The van der Waals surface area contributed by atoms with Gasteiger partial charge in [0.25, 0.3) is 0 Å². The minimum Gasteiger partial charge on any atom is -0.495 e. The number of nitrogens with two attached hydrogens (primary N) is 1. The van der Waals surface area contributed by atoms with Crippen molar-refractivity contribution in [3.05, 3.63) is 23.8 Å². The maximum Gasteiger partial charge on any atom is 0.338 e. The fraction of sp³-hybridized carbons (Fsp3) is 0.562. The van der Waals surface area contributed by atoms with Crippen molar-refractivity contribution in [2.75, 3.05) is 12.8 Å². The Hall–Kier alpha value is -1.71. The molecule has 0 aliphatic heterocycles. The quantitative estimate of drug-likeness (QED) is 0.676. The summed E-state index contributed by atoms with van der Waals surface area (Å²) in [7, 11) is 1.55. The fourth-order valence-electron chi connectivity index (χ4n) is 2.86. The van der Waals surface area contributed by atoms with E-state index in [4.69, 9.17) is 15.2 Å². The molecule has 2 N–H and O–H groups in total. The molecule has 1 aliphatic rings. The highest BCUT2D eigenvalue weighted by molar-refractivity contribution is 5.91. The molecular formula is C16H23NO3. The van der Waals surface area contributed by atoms with Crippen molar-refractivity contribution in [3.63, 3.8) is 0 Å². The summed E-state index contributed by atoms with van der Waals surface area (Å²) >= 11 is 0. The van der Waals surface area contributed by atoms with Crippen molar-refractivity contribution in [2.45, 2.75) is 45.1 Å².